The van der Waals surface area contributed by atoms with Gasteiger partial charge in [-0.15, -0.1) is 0 Å². The second kappa shape index (κ2) is 11.0. The summed E-state index contributed by atoms with van der Waals surface area (Å²) in [5, 5.41) is 5.90. The Morgan fingerprint density at radius 1 is 1.00 bits per heavy atom. The van der Waals surface area contributed by atoms with E-state index in [1.54, 1.807) is 37.3 Å². The molecule has 0 aromatic heterocycles. The number of nitrogens with one attached hydrogen (secondary N) is 2. The Morgan fingerprint density at radius 2 is 1.71 bits per heavy atom. The van der Waals surface area contributed by atoms with Gasteiger partial charge in [0.05, 0.1) is 13.7 Å². The lowest BCUT2D eigenvalue weighted by Crippen LogP contribution is -2.34. The van der Waals surface area contributed by atoms with Crippen LogP contribution in [0.1, 0.15) is 22.8 Å². The molecule has 0 aliphatic heterocycles. The molecule has 0 saturated carbocycles. The van der Waals surface area contributed by atoms with Crippen LogP contribution < -0.4 is 20.1 Å². The number of alkyl carbamates (subject to hydrolysis) is 1. The predicted molar refractivity (Wildman–Crippen MR) is 106 cm³/mol. The van der Waals surface area contributed by atoms with Crippen molar-refractivity contribution in [2.75, 3.05) is 26.8 Å². The third-order valence-corrected chi connectivity index (χ3v) is 3.94. The number of carbonyl (C=O) groups is 2. The zero-order valence-corrected chi connectivity index (χ0v) is 16.5. The van der Waals surface area contributed by atoms with E-state index in [0.29, 0.717) is 35.3 Å². The fourth-order valence-corrected chi connectivity index (χ4v) is 2.42. The van der Waals surface area contributed by atoms with Crippen LogP contribution in [0.4, 0.5) is 4.79 Å². The number of rotatable bonds is 9. The molecule has 150 valence electrons. The number of halogens is 1. The fourth-order valence-electron chi connectivity index (χ4n) is 2.29. The number of hydrogen-bond acceptors (Lipinski definition) is 5. The molecule has 2 rings (SSSR count). The second-order valence-electron chi connectivity index (χ2n) is 5.68. The SMILES string of the molecule is CCOC(=O)NCCNC(=O)c1ccc(OCc2ccc(Cl)cc2)c(OC)c1. The van der Waals surface area contributed by atoms with Crippen LogP contribution in [0.25, 0.3) is 0 Å². The maximum Gasteiger partial charge on any atom is 0.407 e. The van der Waals surface area contributed by atoms with E-state index in [-0.39, 0.29) is 19.0 Å². The smallest absolute Gasteiger partial charge is 0.407 e. The molecule has 2 aromatic carbocycles. The molecule has 0 aliphatic rings. The number of methoxy groups -OCH3 is 1. The van der Waals surface area contributed by atoms with Gasteiger partial charge < -0.3 is 24.8 Å². The van der Waals surface area contributed by atoms with Crippen molar-refractivity contribution in [1.82, 2.24) is 10.6 Å². The van der Waals surface area contributed by atoms with Gasteiger partial charge in [0, 0.05) is 23.7 Å². The van der Waals surface area contributed by atoms with Gasteiger partial charge in [0.25, 0.3) is 5.91 Å². The van der Waals surface area contributed by atoms with E-state index < -0.39 is 6.09 Å². The van der Waals surface area contributed by atoms with E-state index in [9.17, 15) is 9.59 Å². The van der Waals surface area contributed by atoms with E-state index in [1.165, 1.54) is 7.11 Å². The molecule has 2 amide bonds. The molecule has 28 heavy (non-hydrogen) atoms. The first-order chi connectivity index (χ1) is 13.5. The summed E-state index contributed by atoms with van der Waals surface area (Å²) in [7, 11) is 1.51. The summed E-state index contributed by atoms with van der Waals surface area (Å²) in [4.78, 5) is 23.4. The third-order valence-electron chi connectivity index (χ3n) is 3.69. The van der Waals surface area contributed by atoms with Gasteiger partial charge in [-0.25, -0.2) is 4.79 Å². The number of ether oxygens (including phenoxy) is 3. The fraction of sp³-hybridized carbons (Fsp3) is 0.300. The Morgan fingerprint density at radius 3 is 2.39 bits per heavy atom. The first kappa shape index (κ1) is 21.4. The van der Waals surface area contributed by atoms with Crippen LogP contribution in [-0.4, -0.2) is 38.8 Å². The van der Waals surface area contributed by atoms with Crippen molar-refractivity contribution in [3.05, 3.63) is 58.6 Å². The molecule has 0 heterocycles. The summed E-state index contributed by atoms with van der Waals surface area (Å²) in [6.45, 7) is 2.90. The van der Waals surface area contributed by atoms with E-state index in [4.69, 9.17) is 25.8 Å². The normalized spacial score (nSPS) is 10.1. The highest BCUT2D eigenvalue weighted by Crippen LogP contribution is 2.29. The molecule has 7 nitrogen and oxygen atoms in total. The summed E-state index contributed by atoms with van der Waals surface area (Å²) < 4.78 is 15.8. The first-order valence-electron chi connectivity index (χ1n) is 8.77. The molecule has 2 aromatic rings. The van der Waals surface area contributed by atoms with Gasteiger partial charge in [-0.3, -0.25) is 4.79 Å². The minimum absolute atomic E-state index is 0.268. The lowest BCUT2D eigenvalue weighted by atomic mass is 10.2. The first-order valence-corrected chi connectivity index (χ1v) is 9.15. The topological polar surface area (TPSA) is 85.9 Å². The summed E-state index contributed by atoms with van der Waals surface area (Å²) in [5.74, 6) is 0.692. The van der Waals surface area contributed by atoms with Crippen LogP contribution in [-0.2, 0) is 11.3 Å². The van der Waals surface area contributed by atoms with Crippen molar-refractivity contribution >= 4 is 23.6 Å². The van der Waals surface area contributed by atoms with Crippen molar-refractivity contribution in [2.45, 2.75) is 13.5 Å². The van der Waals surface area contributed by atoms with Gasteiger partial charge in [-0.1, -0.05) is 23.7 Å². The summed E-state index contributed by atoms with van der Waals surface area (Å²) >= 11 is 5.87. The lowest BCUT2D eigenvalue weighted by molar-refractivity contribution is 0.0951. The number of carbonyl (C=O) groups excluding carboxylic acids is 2. The van der Waals surface area contributed by atoms with Crippen LogP contribution in [0.2, 0.25) is 5.02 Å². The monoisotopic (exact) mass is 406 g/mol. The molecule has 0 unspecified atom stereocenters. The van der Waals surface area contributed by atoms with Crippen LogP contribution >= 0.6 is 11.6 Å². The van der Waals surface area contributed by atoms with Crippen LogP contribution in [0.5, 0.6) is 11.5 Å². The van der Waals surface area contributed by atoms with Gasteiger partial charge in [0.1, 0.15) is 6.61 Å². The highest BCUT2D eigenvalue weighted by molar-refractivity contribution is 6.30. The largest absolute Gasteiger partial charge is 0.493 e. The van der Waals surface area contributed by atoms with Gasteiger partial charge >= 0.3 is 6.09 Å². The number of benzene rings is 2. The van der Waals surface area contributed by atoms with Crippen LogP contribution in [0, 0.1) is 0 Å². The Bertz CT molecular complexity index is 796. The molecular weight excluding hydrogens is 384 g/mol. The van der Waals surface area contributed by atoms with Crippen molar-refractivity contribution in [3.8, 4) is 11.5 Å². The van der Waals surface area contributed by atoms with Crippen molar-refractivity contribution in [3.63, 3.8) is 0 Å². The molecule has 0 fully saturated rings. The predicted octanol–water partition coefficient (Wildman–Crippen LogP) is 3.40. The summed E-state index contributed by atoms with van der Waals surface area (Å²) in [6.07, 6.45) is -0.513. The van der Waals surface area contributed by atoms with E-state index in [2.05, 4.69) is 10.6 Å². The number of amides is 2. The summed E-state index contributed by atoms with van der Waals surface area (Å²) in [6, 6.07) is 12.3. The highest BCUT2D eigenvalue weighted by Gasteiger charge is 2.11. The molecule has 2 N–H and O–H groups in total. The average Bonchev–Trinajstić information content (AvgIpc) is 2.70. The third kappa shape index (κ3) is 6.66. The van der Waals surface area contributed by atoms with E-state index >= 15 is 0 Å². The van der Waals surface area contributed by atoms with Gasteiger partial charge in [-0.05, 0) is 42.8 Å². The molecule has 0 spiro atoms. The highest BCUT2D eigenvalue weighted by atomic mass is 35.5. The Kier molecular flexibility index (Phi) is 8.42. The molecule has 0 atom stereocenters. The standard InChI is InChI=1S/C20H23ClN2O5/c1-3-27-20(25)23-11-10-22-19(24)15-6-9-17(18(12-15)26-2)28-13-14-4-7-16(21)8-5-14/h4-9,12H,3,10-11,13H2,1-2H3,(H,22,24)(H,23,25). The molecule has 0 aliphatic carbocycles. The number of hydrogen-bond donors (Lipinski definition) is 2. The van der Waals surface area contributed by atoms with E-state index in [1.807, 2.05) is 12.1 Å². The quantitative estimate of drug-likeness (QED) is 0.623. The van der Waals surface area contributed by atoms with Crippen LogP contribution in [0.3, 0.4) is 0 Å². The minimum Gasteiger partial charge on any atom is -0.493 e. The van der Waals surface area contributed by atoms with Crippen molar-refractivity contribution in [1.29, 1.82) is 0 Å². The van der Waals surface area contributed by atoms with E-state index in [0.717, 1.165) is 5.56 Å². The maximum atomic E-state index is 12.2. The van der Waals surface area contributed by atoms with Gasteiger partial charge in [0.2, 0.25) is 0 Å². The Balaban J connectivity index is 1.89. The van der Waals surface area contributed by atoms with Crippen molar-refractivity contribution < 1.29 is 23.8 Å². The Hall–Kier alpha value is -2.93. The van der Waals surface area contributed by atoms with Crippen molar-refractivity contribution in [2.24, 2.45) is 0 Å². The zero-order valence-electron chi connectivity index (χ0n) is 15.8. The average molecular weight is 407 g/mol. The molecular formula is C20H23ClN2O5. The second-order valence-corrected chi connectivity index (χ2v) is 6.12. The molecule has 8 heteroatoms. The maximum absolute atomic E-state index is 12.2. The lowest BCUT2D eigenvalue weighted by Gasteiger charge is -2.13. The molecule has 0 bridgehead atoms. The zero-order chi connectivity index (χ0) is 20.4. The molecule has 0 radical (unpaired) electrons. The summed E-state index contributed by atoms with van der Waals surface area (Å²) in [5.41, 5.74) is 1.38. The molecule has 0 saturated heterocycles. The minimum atomic E-state index is -0.513. The van der Waals surface area contributed by atoms with Gasteiger partial charge in [0.15, 0.2) is 11.5 Å². The van der Waals surface area contributed by atoms with Crippen LogP contribution in [0.15, 0.2) is 42.5 Å². The van der Waals surface area contributed by atoms with Gasteiger partial charge in [-0.2, -0.15) is 0 Å². The Labute approximate surface area is 168 Å².